The number of aliphatic hydroxyl groups excluding tert-OH is 2. The molecule has 3 N–H and O–H groups in total. The third-order valence-corrected chi connectivity index (χ3v) is 11.1. The number of ether oxygens (including phenoxy) is 1. The number of halogens is 1. The molecule has 0 spiro atoms. The van der Waals surface area contributed by atoms with Gasteiger partial charge in [0, 0.05) is 24.2 Å². The number of alkyl halides is 1. The summed E-state index contributed by atoms with van der Waals surface area (Å²) in [5, 5.41) is 32.4. The van der Waals surface area contributed by atoms with Crippen LogP contribution in [0.5, 0.6) is 0 Å². The minimum Gasteiger partial charge on any atom is -0.461 e. The molecular weight excluding hydrogens is 468 g/mol. The summed E-state index contributed by atoms with van der Waals surface area (Å²) in [6.45, 7) is 4.38. The van der Waals surface area contributed by atoms with Gasteiger partial charge in [-0.3, -0.25) is 14.4 Å². The summed E-state index contributed by atoms with van der Waals surface area (Å²) in [6, 6.07) is 0. The molecule has 8 heteroatoms. The van der Waals surface area contributed by atoms with Crippen LogP contribution in [0.2, 0.25) is 0 Å². The molecule has 0 aromatic rings. The lowest BCUT2D eigenvalue weighted by molar-refractivity contribution is -0.186. The molecule has 8 atom stereocenters. The van der Waals surface area contributed by atoms with Gasteiger partial charge in [0.2, 0.25) is 0 Å². The summed E-state index contributed by atoms with van der Waals surface area (Å²) in [4.78, 5) is 36.8. The van der Waals surface area contributed by atoms with Crippen LogP contribution in [0.4, 0.5) is 0 Å². The van der Waals surface area contributed by atoms with Gasteiger partial charge in [0.25, 0.3) is 0 Å². The first-order chi connectivity index (χ1) is 14.4. The Morgan fingerprint density at radius 2 is 1.94 bits per heavy atom. The molecule has 4 aliphatic rings. The Morgan fingerprint density at radius 1 is 1.26 bits per heavy atom. The van der Waals surface area contributed by atoms with Crippen molar-refractivity contribution in [3.8, 4) is 0 Å². The molecule has 4 aliphatic carbocycles. The monoisotopic (exact) mass is 498 g/mol. The van der Waals surface area contributed by atoms with Crippen molar-refractivity contribution in [2.45, 2.75) is 81.4 Å². The summed E-state index contributed by atoms with van der Waals surface area (Å²) >= 11 is 3.93. The third kappa shape index (κ3) is 2.77. The smallest absolute Gasteiger partial charge is 0.302 e. The van der Waals surface area contributed by atoms with E-state index >= 15 is 0 Å². The van der Waals surface area contributed by atoms with Crippen LogP contribution in [0.15, 0.2) is 11.6 Å². The van der Waals surface area contributed by atoms with Crippen molar-refractivity contribution in [3.63, 3.8) is 0 Å². The Kier molecular flexibility index (Phi) is 5.36. The van der Waals surface area contributed by atoms with Crippen LogP contribution in [0, 0.1) is 22.7 Å². The lowest BCUT2D eigenvalue weighted by Crippen LogP contribution is -2.71. The van der Waals surface area contributed by atoms with Gasteiger partial charge in [-0.15, -0.1) is 0 Å². The molecule has 172 valence electrons. The summed E-state index contributed by atoms with van der Waals surface area (Å²) in [6.07, 6.45) is 2.30. The number of ketones is 2. The number of Topliss-reactive ketones (excluding diaryl/α,β-unsaturated/α-hetero) is 1. The molecular formula is C23H31BrO7. The molecule has 0 aromatic carbocycles. The van der Waals surface area contributed by atoms with Crippen molar-refractivity contribution in [2.24, 2.45) is 22.7 Å². The zero-order chi connectivity index (χ0) is 23.0. The van der Waals surface area contributed by atoms with Gasteiger partial charge in [-0.1, -0.05) is 35.4 Å². The van der Waals surface area contributed by atoms with Gasteiger partial charge in [0.15, 0.2) is 11.6 Å². The summed E-state index contributed by atoms with van der Waals surface area (Å²) in [5.74, 6) is -1.36. The molecule has 0 heterocycles. The lowest BCUT2D eigenvalue weighted by Gasteiger charge is -2.66. The lowest BCUT2D eigenvalue weighted by atomic mass is 9.44. The maximum absolute atomic E-state index is 12.5. The number of rotatable bonds is 3. The number of hydrogen-bond donors (Lipinski definition) is 3. The standard InChI is InChI=1S/C23H31BrO7/c1-12(26)31-19-9-14(27)8-13-4-5-16-15-6-7-22(30,18(29)11-25)20(15,2)10-17(28)23(16,24)21(13,19)3/h8,15-17,19,25,28,30H,4-7,9-11H2,1-3H3/t15-,16-,17-,19?,20-,21+,22-,23-/m0/s1. The SMILES string of the molecule is CC(=O)OC1CC(=O)C=C2CC[C@H]3[C@@H]4CC[C@](O)(C(=O)CO)[C@@]4(C)C[C@H](O)[C@]3(Br)[C@]21C. The molecule has 0 aromatic heterocycles. The normalized spacial score (nSPS) is 48.9. The molecule has 0 aliphatic heterocycles. The molecule has 3 saturated carbocycles. The van der Waals surface area contributed by atoms with Gasteiger partial charge < -0.3 is 20.1 Å². The second-order valence-electron chi connectivity index (χ2n) is 10.3. The molecule has 0 amide bonds. The van der Waals surface area contributed by atoms with E-state index < -0.39 is 51.3 Å². The minimum atomic E-state index is -1.68. The van der Waals surface area contributed by atoms with E-state index in [4.69, 9.17) is 4.74 Å². The maximum Gasteiger partial charge on any atom is 0.302 e. The van der Waals surface area contributed by atoms with Crippen molar-refractivity contribution in [3.05, 3.63) is 11.6 Å². The molecule has 0 bridgehead atoms. The first-order valence-corrected chi connectivity index (χ1v) is 11.8. The zero-order valence-corrected chi connectivity index (χ0v) is 19.8. The third-order valence-electron chi connectivity index (χ3n) is 9.17. The average molecular weight is 499 g/mol. The van der Waals surface area contributed by atoms with E-state index in [2.05, 4.69) is 15.9 Å². The van der Waals surface area contributed by atoms with E-state index in [1.165, 1.54) is 6.92 Å². The molecule has 0 radical (unpaired) electrons. The Balaban J connectivity index is 1.83. The van der Waals surface area contributed by atoms with Crippen LogP contribution in [0.1, 0.15) is 59.3 Å². The Morgan fingerprint density at radius 3 is 2.55 bits per heavy atom. The molecule has 3 fully saturated rings. The van der Waals surface area contributed by atoms with Crippen LogP contribution >= 0.6 is 15.9 Å². The van der Waals surface area contributed by atoms with Gasteiger partial charge in [-0.25, -0.2) is 0 Å². The average Bonchev–Trinajstić information content (AvgIpc) is 2.95. The van der Waals surface area contributed by atoms with Gasteiger partial charge >= 0.3 is 5.97 Å². The first kappa shape index (κ1) is 23.1. The topological polar surface area (TPSA) is 121 Å². The first-order valence-electron chi connectivity index (χ1n) is 11.0. The van der Waals surface area contributed by atoms with Crippen LogP contribution in [0.3, 0.4) is 0 Å². The molecule has 0 saturated heterocycles. The van der Waals surface area contributed by atoms with Gasteiger partial charge in [0.05, 0.1) is 10.4 Å². The highest BCUT2D eigenvalue weighted by atomic mass is 79.9. The fourth-order valence-corrected chi connectivity index (χ4v) is 8.77. The fraction of sp³-hybridized carbons (Fsp3) is 0.783. The predicted molar refractivity (Wildman–Crippen MR) is 114 cm³/mol. The fourth-order valence-electron chi connectivity index (χ4n) is 7.55. The number of carbonyl (C=O) groups is 3. The Labute approximate surface area is 190 Å². The maximum atomic E-state index is 12.5. The molecule has 31 heavy (non-hydrogen) atoms. The Hall–Kier alpha value is -1.09. The summed E-state index contributed by atoms with van der Waals surface area (Å²) in [5.41, 5.74) is -2.51. The van der Waals surface area contributed by atoms with E-state index in [0.29, 0.717) is 19.3 Å². The quantitative estimate of drug-likeness (QED) is 0.400. The number of aliphatic hydroxyl groups is 3. The predicted octanol–water partition coefficient (Wildman–Crippen LogP) is 1.84. The highest BCUT2D eigenvalue weighted by molar-refractivity contribution is 9.10. The van der Waals surface area contributed by atoms with E-state index in [1.807, 2.05) is 13.8 Å². The van der Waals surface area contributed by atoms with Gasteiger partial charge in [-0.05, 0) is 50.0 Å². The van der Waals surface area contributed by atoms with Crippen LogP contribution in [-0.2, 0) is 19.1 Å². The second-order valence-corrected chi connectivity index (χ2v) is 11.6. The summed E-state index contributed by atoms with van der Waals surface area (Å²) < 4.78 is 4.77. The number of hydrogen-bond acceptors (Lipinski definition) is 7. The minimum absolute atomic E-state index is 0.0568. The van der Waals surface area contributed by atoms with E-state index in [1.54, 1.807) is 6.08 Å². The van der Waals surface area contributed by atoms with Crippen molar-refractivity contribution in [2.75, 3.05) is 6.61 Å². The molecule has 1 unspecified atom stereocenters. The van der Waals surface area contributed by atoms with Crippen LogP contribution in [-0.4, -0.2) is 61.6 Å². The van der Waals surface area contributed by atoms with Crippen molar-refractivity contribution in [1.29, 1.82) is 0 Å². The van der Waals surface area contributed by atoms with Gasteiger partial charge in [0.1, 0.15) is 18.3 Å². The second kappa shape index (κ2) is 7.20. The van der Waals surface area contributed by atoms with E-state index in [-0.39, 0.29) is 36.9 Å². The van der Waals surface area contributed by atoms with Crippen molar-refractivity contribution in [1.82, 2.24) is 0 Å². The zero-order valence-electron chi connectivity index (χ0n) is 18.2. The van der Waals surface area contributed by atoms with Crippen molar-refractivity contribution < 1.29 is 34.4 Å². The Bertz CT molecular complexity index is 870. The highest BCUT2D eigenvalue weighted by Gasteiger charge is 2.74. The summed E-state index contributed by atoms with van der Waals surface area (Å²) in [7, 11) is 0. The number of fused-ring (bicyclic) bond motifs is 5. The van der Waals surface area contributed by atoms with E-state index in [9.17, 15) is 29.7 Å². The largest absolute Gasteiger partial charge is 0.461 e. The number of carbonyl (C=O) groups excluding carboxylic acids is 3. The highest BCUT2D eigenvalue weighted by Crippen LogP contribution is 2.71. The van der Waals surface area contributed by atoms with E-state index in [0.717, 1.165) is 5.57 Å². The van der Waals surface area contributed by atoms with Crippen molar-refractivity contribution >= 4 is 33.5 Å². The van der Waals surface area contributed by atoms with Gasteiger partial charge in [-0.2, -0.15) is 0 Å². The number of esters is 1. The van der Waals surface area contributed by atoms with Crippen LogP contribution < -0.4 is 0 Å². The molecule has 4 rings (SSSR count). The molecule has 7 nitrogen and oxygen atoms in total. The van der Waals surface area contributed by atoms with Crippen LogP contribution in [0.25, 0.3) is 0 Å².